The molecule has 0 aliphatic carbocycles. The molecule has 1 aromatic heterocycles. The molecule has 0 bridgehead atoms. The van der Waals surface area contributed by atoms with Crippen molar-refractivity contribution in [1.29, 1.82) is 0 Å². The summed E-state index contributed by atoms with van der Waals surface area (Å²) in [5, 5.41) is 6.74. The van der Waals surface area contributed by atoms with E-state index in [1.165, 1.54) is 0 Å². The number of thiophene rings is 1. The van der Waals surface area contributed by atoms with E-state index in [0.29, 0.717) is 23.0 Å². The Morgan fingerprint density at radius 1 is 1.50 bits per heavy atom. The van der Waals surface area contributed by atoms with E-state index in [1.54, 1.807) is 12.3 Å². The maximum atomic E-state index is 12.5. The van der Waals surface area contributed by atoms with E-state index in [0.717, 1.165) is 30.8 Å². The highest BCUT2D eigenvalue weighted by Crippen LogP contribution is 2.29. The fourth-order valence-electron chi connectivity index (χ4n) is 2.58. The molecule has 1 atom stereocenters. The fraction of sp³-hybridized carbons (Fsp3) is 0.615. The Morgan fingerprint density at radius 3 is 2.60 bits per heavy atom. The van der Waals surface area contributed by atoms with Crippen molar-refractivity contribution < 1.29 is 13.2 Å². The second-order valence-corrected chi connectivity index (χ2v) is 8.29. The van der Waals surface area contributed by atoms with Gasteiger partial charge in [0.25, 0.3) is 5.91 Å². The number of primary sulfonamides is 1. The van der Waals surface area contributed by atoms with Gasteiger partial charge in [0.2, 0.25) is 10.0 Å². The third-order valence-corrected chi connectivity index (χ3v) is 6.62. The van der Waals surface area contributed by atoms with Crippen molar-refractivity contribution in [2.45, 2.75) is 31.4 Å². The highest BCUT2D eigenvalue weighted by Gasteiger charge is 2.31. The number of carbonyl (C=O) groups excluding carboxylic acids is 1. The predicted molar refractivity (Wildman–Crippen MR) is 79.3 cm³/mol. The standard InChI is InChI=1S/C13H20N2O3S2/c1-8(2)10-4-5-15(6-10)12(16)11-7-19-13(9(11)3)20(14,17)18/h7-8,10H,4-6H2,1-3H3,(H2,14,17,18). The molecule has 1 aromatic rings. The van der Waals surface area contributed by atoms with Gasteiger partial charge in [-0.1, -0.05) is 13.8 Å². The van der Waals surface area contributed by atoms with Crippen LogP contribution < -0.4 is 5.14 Å². The first-order chi connectivity index (χ1) is 9.21. The third-order valence-electron chi connectivity index (χ3n) is 3.94. The van der Waals surface area contributed by atoms with Crippen molar-refractivity contribution >= 4 is 27.3 Å². The molecule has 0 radical (unpaired) electrons. The normalized spacial score (nSPS) is 19.9. The van der Waals surface area contributed by atoms with Gasteiger partial charge in [-0.15, -0.1) is 11.3 Å². The van der Waals surface area contributed by atoms with E-state index < -0.39 is 10.0 Å². The maximum Gasteiger partial charge on any atom is 0.255 e. The monoisotopic (exact) mass is 316 g/mol. The average molecular weight is 316 g/mol. The highest BCUT2D eigenvalue weighted by atomic mass is 32.2. The number of nitrogens with two attached hydrogens (primary N) is 1. The molecule has 1 aliphatic rings. The van der Waals surface area contributed by atoms with Gasteiger partial charge in [0.05, 0.1) is 5.56 Å². The van der Waals surface area contributed by atoms with Crippen LogP contribution in [0.4, 0.5) is 0 Å². The quantitative estimate of drug-likeness (QED) is 0.923. The smallest absolute Gasteiger partial charge is 0.255 e. The van der Waals surface area contributed by atoms with Gasteiger partial charge < -0.3 is 4.90 Å². The van der Waals surface area contributed by atoms with Gasteiger partial charge in [0.15, 0.2) is 0 Å². The van der Waals surface area contributed by atoms with Crippen molar-refractivity contribution in [2.24, 2.45) is 17.0 Å². The van der Waals surface area contributed by atoms with Crippen molar-refractivity contribution in [3.8, 4) is 0 Å². The van der Waals surface area contributed by atoms with Crippen LogP contribution in [0.1, 0.15) is 36.2 Å². The first kappa shape index (κ1) is 15.5. The summed E-state index contributed by atoms with van der Waals surface area (Å²) in [7, 11) is -3.75. The maximum absolute atomic E-state index is 12.5. The Morgan fingerprint density at radius 2 is 2.15 bits per heavy atom. The molecule has 112 valence electrons. The zero-order valence-corrected chi connectivity index (χ0v) is 13.6. The average Bonchev–Trinajstić information content (AvgIpc) is 2.93. The van der Waals surface area contributed by atoms with E-state index in [1.807, 2.05) is 4.90 Å². The van der Waals surface area contributed by atoms with Gasteiger partial charge in [-0.25, -0.2) is 13.6 Å². The minimum atomic E-state index is -3.75. The summed E-state index contributed by atoms with van der Waals surface area (Å²) in [6, 6.07) is 0. The van der Waals surface area contributed by atoms with Crippen molar-refractivity contribution in [2.75, 3.05) is 13.1 Å². The van der Waals surface area contributed by atoms with E-state index in [-0.39, 0.29) is 10.1 Å². The molecule has 1 amide bonds. The summed E-state index contributed by atoms with van der Waals surface area (Å²) in [5.41, 5.74) is 0.930. The zero-order valence-electron chi connectivity index (χ0n) is 11.9. The van der Waals surface area contributed by atoms with Crippen LogP contribution in [0.25, 0.3) is 0 Å². The SMILES string of the molecule is Cc1c(C(=O)N2CCC(C(C)C)C2)csc1S(N)(=O)=O. The molecule has 1 fully saturated rings. The third kappa shape index (κ3) is 2.89. The number of sulfonamides is 1. The number of hydrogen-bond acceptors (Lipinski definition) is 4. The number of likely N-dealkylation sites (tertiary alicyclic amines) is 1. The van der Waals surface area contributed by atoms with E-state index in [2.05, 4.69) is 13.8 Å². The van der Waals surface area contributed by atoms with Crippen LogP contribution in [0, 0.1) is 18.8 Å². The van der Waals surface area contributed by atoms with Gasteiger partial charge in [-0.05, 0) is 30.7 Å². The Kier molecular flexibility index (Phi) is 4.22. The Bertz CT molecular complexity index is 620. The minimum absolute atomic E-state index is 0.0838. The zero-order chi connectivity index (χ0) is 15.1. The van der Waals surface area contributed by atoms with Crippen LogP contribution in [-0.2, 0) is 10.0 Å². The Balaban J connectivity index is 2.22. The van der Waals surface area contributed by atoms with Crippen molar-refractivity contribution in [3.05, 3.63) is 16.5 Å². The topological polar surface area (TPSA) is 80.5 Å². The van der Waals surface area contributed by atoms with Crippen LogP contribution in [-0.4, -0.2) is 32.3 Å². The first-order valence-corrected chi connectivity index (χ1v) is 9.04. The van der Waals surface area contributed by atoms with Gasteiger partial charge in [-0.2, -0.15) is 0 Å². The summed E-state index contributed by atoms with van der Waals surface area (Å²) in [6.07, 6.45) is 1.01. The van der Waals surface area contributed by atoms with Gasteiger partial charge >= 0.3 is 0 Å². The largest absolute Gasteiger partial charge is 0.338 e. The van der Waals surface area contributed by atoms with Crippen LogP contribution in [0.3, 0.4) is 0 Å². The van der Waals surface area contributed by atoms with Crippen LogP contribution >= 0.6 is 11.3 Å². The number of rotatable bonds is 3. The molecule has 2 rings (SSSR count). The second kappa shape index (κ2) is 5.46. The Hall–Kier alpha value is -0.920. The summed E-state index contributed by atoms with van der Waals surface area (Å²) in [5.74, 6) is 0.990. The lowest BCUT2D eigenvalue weighted by Crippen LogP contribution is -2.29. The second-order valence-electron chi connectivity index (χ2n) is 5.65. The first-order valence-electron chi connectivity index (χ1n) is 6.62. The molecule has 2 N–H and O–H groups in total. The molecule has 2 heterocycles. The number of nitrogens with zero attached hydrogens (tertiary/aromatic N) is 1. The molecule has 7 heteroatoms. The van der Waals surface area contributed by atoms with Gasteiger partial charge in [-0.3, -0.25) is 4.79 Å². The van der Waals surface area contributed by atoms with Crippen LogP contribution in [0.2, 0.25) is 0 Å². The number of carbonyl (C=O) groups is 1. The molecule has 0 saturated carbocycles. The van der Waals surface area contributed by atoms with Crippen molar-refractivity contribution in [1.82, 2.24) is 4.90 Å². The molecular weight excluding hydrogens is 296 g/mol. The number of amides is 1. The van der Waals surface area contributed by atoms with Gasteiger partial charge in [0, 0.05) is 18.5 Å². The highest BCUT2D eigenvalue weighted by molar-refractivity contribution is 7.91. The molecule has 0 spiro atoms. The van der Waals surface area contributed by atoms with Crippen LogP contribution in [0.15, 0.2) is 9.59 Å². The molecule has 5 nitrogen and oxygen atoms in total. The van der Waals surface area contributed by atoms with Crippen molar-refractivity contribution in [3.63, 3.8) is 0 Å². The predicted octanol–water partition coefficient (Wildman–Crippen LogP) is 1.82. The number of hydrogen-bond donors (Lipinski definition) is 1. The summed E-state index contributed by atoms with van der Waals surface area (Å²) in [4.78, 5) is 14.3. The van der Waals surface area contributed by atoms with Crippen LogP contribution in [0.5, 0.6) is 0 Å². The molecule has 20 heavy (non-hydrogen) atoms. The Labute approximate surface area is 123 Å². The summed E-state index contributed by atoms with van der Waals surface area (Å²) < 4.78 is 22.9. The molecule has 1 unspecified atom stereocenters. The van der Waals surface area contributed by atoms with E-state index >= 15 is 0 Å². The lowest BCUT2D eigenvalue weighted by Gasteiger charge is -2.18. The summed E-state index contributed by atoms with van der Waals surface area (Å²) >= 11 is 1.02. The fourth-order valence-corrected chi connectivity index (χ4v) is 4.58. The van der Waals surface area contributed by atoms with E-state index in [4.69, 9.17) is 5.14 Å². The lowest BCUT2D eigenvalue weighted by atomic mass is 9.95. The minimum Gasteiger partial charge on any atom is -0.338 e. The lowest BCUT2D eigenvalue weighted by molar-refractivity contribution is 0.0783. The summed E-state index contributed by atoms with van der Waals surface area (Å²) in [6.45, 7) is 7.44. The molecule has 1 aliphatic heterocycles. The molecule has 1 saturated heterocycles. The molecule has 0 aromatic carbocycles. The van der Waals surface area contributed by atoms with E-state index in [9.17, 15) is 13.2 Å². The molecular formula is C13H20N2O3S2. The van der Waals surface area contributed by atoms with Gasteiger partial charge in [0.1, 0.15) is 4.21 Å².